The highest BCUT2D eigenvalue weighted by Crippen LogP contribution is 2.32. The minimum absolute atomic E-state index is 0.137. The maximum absolute atomic E-state index is 5.84. The van der Waals surface area contributed by atoms with Crippen LogP contribution in [-0.2, 0) is 9.31 Å². The van der Waals surface area contributed by atoms with E-state index in [1.54, 1.807) is 0 Å². The summed E-state index contributed by atoms with van der Waals surface area (Å²) in [6, 6.07) is 8.93. The summed E-state index contributed by atoms with van der Waals surface area (Å²) in [7, 11) is -0.177. The second-order valence-corrected chi connectivity index (χ2v) is 7.12. The molecule has 1 saturated heterocycles. The van der Waals surface area contributed by atoms with Gasteiger partial charge in [-0.3, -0.25) is 0 Å². The maximum Gasteiger partial charge on any atom is 0.493 e. The van der Waals surface area contributed by atoms with Crippen molar-refractivity contribution < 1.29 is 9.31 Å². The molecule has 1 aliphatic heterocycles. The highest BCUT2D eigenvalue weighted by molar-refractivity contribution is 6.61. The summed E-state index contributed by atoms with van der Waals surface area (Å²) >= 11 is 0. The molecule has 1 aromatic carbocycles. The Morgan fingerprint density at radius 3 is 2.15 bits per heavy atom. The molecule has 0 N–H and O–H groups in total. The SMILES string of the molecule is CC1(C)COB(c2ccc(C3CCCCC3)cc2)OC1. The van der Waals surface area contributed by atoms with Crippen molar-refractivity contribution in [3.05, 3.63) is 29.8 Å². The van der Waals surface area contributed by atoms with Crippen LogP contribution in [0.5, 0.6) is 0 Å². The van der Waals surface area contributed by atoms with Crippen LogP contribution in [0.2, 0.25) is 0 Å². The predicted molar refractivity (Wildman–Crippen MR) is 83.3 cm³/mol. The molecule has 3 rings (SSSR count). The third-order valence-electron chi connectivity index (χ3n) is 4.54. The summed E-state index contributed by atoms with van der Waals surface area (Å²) < 4.78 is 11.7. The average molecular weight is 272 g/mol. The molecule has 1 saturated carbocycles. The van der Waals surface area contributed by atoms with Gasteiger partial charge in [0.25, 0.3) is 0 Å². The van der Waals surface area contributed by atoms with Gasteiger partial charge in [-0.05, 0) is 29.8 Å². The summed E-state index contributed by atoms with van der Waals surface area (Å²) in [5, 5.41) is 0. The van der Waals surface area contributed by atoms with E-state index >= 15 is 0 Å². The molecule has 0 amide bonds. The molecule has 2 aliphatic rings. The standard InChI is InChI=1S/C17H25BO2/c1-17(2)12-19-18(20-13-17)16-10-8-15(9-11-16)14-6-4-3-5-7-14/h8-11,14H,3-7,12-13H2,1-2H3. The zero-order chi connectivity index (χ0) is 14.0. The van der Waals surface area contributed by atoms with Crippen molar-refractivity contribution in [2.75, 3.05) is 13.2 Å². The monoisotopic (exact) mass is 272 g/mol. The molecular formula is C17H25BO2. The van der Waals surface area contributed by atoms with Crippen LogP contribution >= 0.6 is 0 Å². The Morgan fingerprint density at radius 2 is 1.55 bits per heavy atom. The lowest BCUT2D eigenvalue weighted by atomic mass is 9.74. The number of hydrogen-bond donors (Lipinski definition) is 0. The Labute approximate surface area is 123 Å². The second-order valence-electron chi connectivity index (χ2n) is 7.12. The van der Waals surface area contributed by atoms with Crippen molar-refractivity contribution in [2.24, 2.45) is 5.41 Å². The van der Waals surface area contributed by atoms with Crippen LogP contribution < -0.4 is 5.46 Å². The number of rotatable bonds is 2. The smallest absolute Gasteiger partial charge is 0.407 e. The van der Waals surface area contributed by atoms with Gasteiger partial charge in [0.2, 0.25) is 0 Å². The summed E-state index contributed by atoms with van der Waals surface area (Å²) in [6.45, 7) is 5.88. The molecule has 1 aliphatic carbocycles. The third-order valence-corrected chi connectivity index (χ3v) is 4.54. The van der Waals surface area contributed by atoms with Gasteiger partial charge in [-0.2, -0.15) is 0 Å². The quantitative estimate of drug-likeness (QED) is 0.767. The minimum Gasteiger partial charge on any atom is -0.407 e. The first kappa shape index (κ1) is 14.2. The predicted octanol–water partition coefficient (Wildman–Crippen LogP) is 3.50. The fourth-order valence-electron chi connectivity index (χ4n) is 3.25. The fourth-order valence-corrected chi connectivity index (χ4v) is 3.25. The lowest BCUT2D eigenvalue weighted by molar-refractivity contribution is 0.0343. The highest BCUT2D eigenvalue weighted by Gasteiger charge is 2.33. The molecule has 0 unspecified atom stereocenters. The van der Waals surface area contributed by atoms with Crippen molar-refractivity contribution in [2.45, 2.75) is 51.9 Å². The normalized spacial score (nSPS) is 23.8. The van der Waals surface area contributed by atoms with Crippen molar-refractivity contribution >= 4 is 12.6 Å². The second kappa shape index (κ2) is 5.91. The lowest BCUT2D eigenvalue weighted by Crippen LogP contribution is -2.47. The van der Waals surface area contributed by atoms with E-state index in [1.165, 1.54) is 37.7 Å². The molecule has 108 valence electrons. The zero-order valence-corrected chi connectivity index (χ0v) is 12.7. The Bertz CT molecular complexity index is 425. The molecule has 0 radical (unpaired) electrons. The van der Waals surface area contributed by atoms with Crippen molar-refractivity contribution in [1.29, 1.82) is 0 Å². The van der Waals surface area contributed by atoms with Gasteiger partial charge >= 0.3 is 7.12 Å². The molecular weight excluding hydrogens is 247 g/mol. The Hall–Kier alpha value is -0.795. The molecule has 2 fully saturated rings. The lowest BCUT2D eigenvalue weighted by Gasteiger charge is -2.33. The van der Waals surface area contributed by atoms with Crippen LogP contribution in [0.15, 0.2) is 24.3 Å². The average Bonchev–Trinajstić information content (AvgIpc) is 2.48. The topological polar surface area (TPSA) is 18.5 Å². The van der Waals surface area contributed by atoms with Crippen molar-refractivity contribution in [3.8, 4) is 0 Å². The first-order valence-corrected chi connectivity index (χ1v) is 7.97. The minimum atomic E-state index is -0.177. The highest BCUT2D eigenvalue weighted by atomic mass is 16.6. The molecule has 0 spiro atoms. The van der Waals surface area contributed by atoms with Crippen LogP contribution in [0, 0.1) is 5.41 Å². The van der Waals surface area contributed by atoms with E-state index < -0.39 is 0 Å². The summed E-state index contributed by atoms with van der Waals surface area (Å²) in [5.74, 6) is 0.768. The van der Waals surface area contributed by atoms with Gasteiger partial charge in [0, 0.05) is 18.6 Å². The van der Waals surface area contributed by atoms with Gasteiger partial charge in [-0.15, -0.1) is 0 Å². The van der Waals surface area contributed by atoms with E-state index in [9.17, 15) is 0 Å². The molecule has 0 atom stereocenters. The molecule has 20 heavy (non-hydrogen) atoms. The van der Waals surface area contributed by atoms with Gasteiger partial charge < -0.3 is 9.31 Å². The van der Waals surface area contributed by atoms with E-state index in [0.29, 0.717) is 0 Å². The Kier molecular flexibility index (Phi) is 4.18. The van der Waals surface area contributed by atoms with Gasteiger partial charge in [-0.25, -0.2) is 0 Å². The van der Waals surface area contributed by atoms with Crippen molar-refractivity contribution in [3.63, 3.8) is 0 Å². The van der Waals surface area contributed by atoms with Crippen LogP contribution in [-0.4, -0.2) is 20.3 Å². The maximum atomic E-state index is 5.84. The summed E-state index contributed by atoms with van der Waals surface area (Å²) in [4.78, 5) is 0. The summed E-state index contributed by atoms with van der Waals surface area (Å²) in [6.07, 6.45) is 6.88. The first-order chi connectivity index (χ1) is 9.64. The summed E-state index contributed by atoms with van der Waals surface area (Å²) in [5.41, 5.74) is 2.78. The number of benzene rings is 1. The molecule has 2 nitrogen and oxygen atoms in total. The van der Waals surface area contributed by atoms with Crippen LogP contribution in [0.1, 0.15) is 57.4 Å². The van der Waals surface area contributed by atoms with Gasteiger partial charge in [0.05, 0.1) is 0 Å². The van der Waals surface area contributed by atoms with E-state index in [-0.39, 0.29) is 12.5 Å². The molecule has 1 heterocycles. The largest absolute Gasteiger partial charge is 0.493 e. The van der Waals surface area contributed by atoms with Gasteiger partial charge in [0.1, 0.15) is 0 Å². The zero-order valence-electron chi connectivity index (χ0n) is 12.7. The van der Waals surface area contributed by atoms with E-state index in [1.807, 2.05) is 0 Å². The molecule has 1 aromatic rings. The van der Waals surface area contributed by atoms with Crippen molar-refractivity contribution in [1.82, 2.24) is 0 Å². The van der Waals surface area contributed by atoms with Gasteiger partial charge in [0.15, 0.2) is 0 Å². The first-order valence-electron chi connectivity index (χ1n) is 7.97. The molecule has 0 bridgehead atoms. The molecule has 3 heteroatoms. The van der Waals surface area contributed by atoms with Gasteiger partial charge in [-0.1, -0.05) is 57.4 Å². The van der Waals surface area contributed by atoms with Crippen LogP contribution in [0.3, 0.4) is 0 Å². The Balaban J connectivity index is 1.64. The van der Waals surface area contributed by atoms with Crippen LogP contribution in [0.4, 0.5) is 0 Å². The van der Waals surface area contributed by atoms with Crippen LogP contribution in [0.25, 0.3) is 0 Å². The third kappa shape index (κ3) is 3.26. The fraction of sp³-hybridized carbons (Fsp3) is 0.647. The van der Waals surface area contributed by atoms with E-state index in [2.05, 4.69) is 38.1 Å². The van der Waals surface area contributed by atoms with E-state index in [4.69, 9.17) is 9.31 Å². The van der Waals surface area contributed by atoms with E-state index in [0.717, 1.165) is 24.6 Å². The number of hydrogen-bond acceptors (Lipinski definition) is 2. The Morgan fingerprint density at radius 1 is 0.950 bits per heavy atom. The molecule has 0 aromatic heterocycles.